The minimum absolute atomic E-state index is 0.179. The predicted molar refractivity (Wildman–Crippen MR) is 90.2 cm³/mol. The van der Waals surface area contributed by atoms with Crippen LogP contribution in [0.4, 0.5) is 5.69 Å². The summed E-state index contributed by atoms with van der Waals surface area (Å²) in [5.74, 6) is 0.392. The zero-order valence-corrected chi connectivity index (χ0v) is 14.5. The van der Waals surface area contributed by atoms with Crippen LogP contribution < -0.4 is 10.1 Å². The fourth-order valence-electron chi connectivity index (χ4n) is 1.93. The van der Waals surface area contributed by atoms with Gasteiger partial charge in [0.2, 0.25) is 0 Å². The van der Waals surface area contributed by atoms with Crippen molar-refractivity contribution in [3.8, 4) is 5.75 Å². The molecule has 0 saturated carbocycles. The number of aryl methyl sites for hydroxylation is 1. The van der Waals surface area contributed by atoms with E-state index in [0.717, 1.165) is 10.7 Å². The number of hydrogen-bond acceptors (Lipinski definition) is 5. The average Bonchev–Trinajstić information content (AvgIpc) is 2.79. The molecule has 1 aromatic heterocycles. The fraction of sp³-hybridized carbons (Fsp3) is 0.333. The predicted octanol–water partition coefficient (Wildman–Crippen LogP) is 3.43. The number of nitrogens with zero attached hydrogens (tertiary/aromatic N) is 2. The number of nitrogens with one attached hydrogen (secondary N) is 1. The third-order valence-corrected chi connectivity index (χ3v) is 4.34. The number of benzene rings is 1. The molecular formula is C15H18ClN3O2S. The lowest BCUT2D eigenvalue weighted by Gasteiger charge is -2.07. The molecular weight excluding hydrogens is 322 g/mol. The third-order valence-electron chi connectivity index (χ3n) is 2.91. The van der Waals surface area contributed by atoms with Gasteiger partial charge in [-0.1, -0.05) is 11.6 Å². The van der Waals surface area contributed by atoms with Crippen molar-refractivity contribution in [1.29, 1.82) is 0 Å². The molecule has 22 heavy (non-hydrogen) atoms. The van der Waals surface area contributed by atoms with E-state index in [2.05, 4.69) is 10.3 Å². The maximum atomic E-state index is 12.4. The van der Waals surface area contributed by atoms with Gasteiger partial charge in [0.1, 0.15) is 15.6 Å². The second kappa shape index (κ2) is 7.09. The number of rotatable bonds is 5. The lowest BCUT2D eigenvalue weighted by Crippen LogP contribution is -2.11. The van der Waals surface area contributed by atoms with Crippen LogP contribution in [0, 0.1) is 6.92 Å². The van der Waals surface area contributed by atoms with E-state index in [9.17, 15) is 4.79 Å². The smallest absolute Gasteiger partial charge is 0.267 e. The highest BCUT2D eigenvalue weighted by atomic mass is 35.5. The normalized spacial score (nSPS) is 10.8. The van der Waals surface area contributed by atoms with E-state index in [1.54, 1.807) is 25.3 Å². The van der Waals surface area contributed by atoms with Crippen LogP contribution >= 0.6 is 22.9 Å². The maximum absolute atomic E-state index is 12.4. The number of methoxy groups -OCH3 is 1. The monoisotopic (exact) mass is 339 g/mol. The van der Waals surface area contributed by atoms with Crippen LogP contribution in [0.5, 0.6) is 5.75 Å². The van der Waals surface area contributed by atoms with Crippen molar-refractivity contribution in [3.05, 3.63) is 38.8 Å². The Morgan fingerprint density at radius 3 is 2.77 bits per heavy atom. The molecule has 0 spiro atoms. The number of carbonyl (C=O) groups excluding carboxylic acids is 1. The summed E-state index contributed by atoms with van der Waals surface area (Å²) in [5, 5.41) is 4.21. The summed E-state index contributed by atoms with van der Waals surface area (Å²) in [6.07, 6.45) is 0. The summed E-state index contributed by atoms with van der Waals surface area (Å²) in [6, 6.07) is 5.13. The molecule has 0 radical (unpaired) electrons. The summed E-state index contributed by atoms with van der Waals surface area (Å²) in [4.78, 5) is 19.4. The van der Waals surface area contributed by atoms with Crippen molar-refractivity contribution in [2.75, 3.05) is 26.5 Å². The second-order valence-corrected chi connectivity index (χ2v) is 6.55. The Kier molecular flexibility index (Phi) is 5.39. The first-order valence-electron chi connectivity index (χ1n) is 6.66. The van der Waals surface area contributed by atoms with E-state index >= 15 is 0 Å². The maximum Gasteiger partial charge on any atom is 0.267 e. The second-order valence-electron chi connectivity index (χ2n) is 5.06. The first-order chi connectivity index (χ1) is 10.4. The van der Waals surface area contributed by atoms with Crippen molar-refractivity contribution in [1.82, 2.24) is 9.88 Å². The number of carbonyl (C=O) groups is 1. The zero-order valence-electron chi connectivity index (χ0n) is 12.9. The summed E-state index contributed by atoms with van der Waals surface area (Å²) in [7, 11) is 5.48. The fourth-order valence-corrected chi connectivity index (χ4v) is 3.27. The molecule has 0 fully saturated rings. The Morgan fingerprint density at radius 2 is 2.18 bits per heavy atom. The number of amides is 1. The third kappa shape index (κ3) is 3.97. The number of hydrogen-bond donors (Lipinski definition) is 1. The van der Waals surface area contributed by atoms with Gasteiger partial charge in [0, 0.05) is 12.2 Å². The molecule has 0 aliphatic heterocycles. The highest BCUT2D eigenvalue weighted by Crippen LogP contribution is 2.28. The Morgan fingerprint density at radius 1 is 1.45 bits per heavy atom. The van der Waals surface area contributed by atoms with Crippen molar-refractivity contribution < 1.29 is 9.53 Å². The highest BCUT2D eigenvalue weighted by molar-refractivity contribution is 7.13. The largest absolute Gasteiger partial charge is 0.495 e. The summed E-state index contributed by atoms with van der Waals surface area (Å²) in [5.41, 5.74) is 1.36. The van der Waals surface area contributed by atoms with Gasteiger partial charge in [0.05, 0.1) is 17.8 Å². The van der Waals surface area contributed by atoms with Crippen LogP contribution in [-0.4, -0.2) is 37.0 Å². The first-order valence-corrected chi connectivity index (χ1v) is 7.86. The van der Waals surface area contributed by atoms with Crippen molar-refractivity contribution in [3.63, 3.8) is 0 Å². The molecule has 7 heteroatoms. The molecule has 0 aliphatic carbocycles. The quantitative estimate of drug-likeness (QED) is 0.906. The van der Waals surface area contributed by atoms with E-state index in [1.165, 1.54) is 11.3 Å². The molecule has 5 nitrogen and oxygen atoms in total. The van der Waals surface area contributed by atoms with E-state index in [0.29, 0.717) is 27.9 Å². The molecule has 1 aromatic carbocycles. The van der Waals surface area contributed by atoms with Gasteiger partial charge in [-0.3, -0.25) is 4.79 Å². The topological polar surface area (TPSA) is 54.5 Å². The molecule has 1 heterocycles. The minimum Gasteiger partial charge on any atom is -0.495 e. The standard InChI is InChI=1S/C15H18ClN3O2S/c1-9-14(22-13(17-9)8-19(2)3)15(20)18-10-5-6-12(21-4)11(16)7-10/h5-7H,8H2,1-4H3,(H,18,20). The number of ether oxygens (including phenoxy) is 1. The Bertz CT molecular complexity index is 685. The summed E-state index contributed by atoms with van der Waals surface area (Å²) < 4.78 is 5.09. The Balaban J connectivity index is 2.15. The van der Waals surface area contributed by atoms with Crippen LogP contribution in [0.15, 0.2) is 18.2 Å². The van der Waals surface area contributed by atoms with Gasteiger partial charge in [0.25, 0.3) is 5.91 Å². The van der Waals surface area contributed by atoms with E-state index < -0.39 is 0 Å². The minimum atomic E-state index is -0.179. The molecule has 1 N–H and O–H groups in total. The molecule has 0 saturated heterocycles. The van der Waals surface area contributed by atoms with Crippen LogP contribution in [-0.2, 0) is 6.54 Å². The van der Waals surface area contributed by atoms with E-state index in [-0.39, 0.29) is 5.91 Å². The number of aromatic nitrogens is 1. The van der Waals surface area contributed by atoms with Gasteiger partial charge in [-0.2, -0.15) is 0 Å². The molecule has 0 aliphatic rings. The molecule has 2 rings (SSSR count). The Labute approximate surface area is 138 Å². The summed E-state index contributed by atoms with van der Waals surface area (Å²) >= 11 is 7.46. The lowest BCUT2D eigenvalue weighted by atomic mass is 10.3. The number of anilines is 1. The molecule has 1 amide bonds. The number of halogens is 1. The first kappa shape index (κ1) is 16.7. The van der Waals surface area contributed by atoms with Gasteiger partial charge in [-0.15, -0.1) is 11.3 Å². The average molecular weight is 340 g/mol. The SMILES string of the molecule is COc1ccc(NC(=O)c2sc(CN(C)C)nc2C)cc1Cl. The molecule has 118 valence electrons. The van der Waals surface area contributed by atoms with Gasteiger partial charge < -0.3 is 15.0 Å². The van der Waals surface area contributed by atoms with Crippen LogP contribution in [0.1, 0.15) is 20.4 Å². The summed E-state index contributed by atoms with van der Waals surface area (Å²) in [6.45, 7) is 2.55. The molecule has 2 aromatic rings. The number of thiazole rings is 1. The molecule has 0 bridgehead atoms. The van der Waals surface area contributed by atoms with Crippen molar-refractivity contribution >= 4 is 34.5 Å². The zero-order chi connectivity index (χ0) is 16.3. The van der Waals surface area contributed by atoms with Gasteiger partial charge in [-0.05, 0) is 39.2 Å². The van der Waals surface area contributed by atoms with Gasteiger partial charge in [-0.25, -0.2) is 4.98 Å². The van der Waals surface area contributed by atoms with Crippen LogP contribution in [0.3, 0.4) is 0 Å². The Hall–Kier alpha value is -1.63. The van der Waals surface area contributed by atoms with Crippen LogP contribution in [0.2, 0.25) is 5.02 Å². The molecule has 0 unspecified atom stereocenters. The van der Waals surface area contributed by atoms with Gasteiger partial charge >= 0.3 is 0 Å². The van der Waals surface area contributed by atoms with E-state index in [1.807, 2.05) is 25.9 Å². The molecule has 0 atom stereocenters. The van der Waals surface area contributed by atoms with Crippen LogP contribution in [0.25, 0.3) is 0 Å². The highest BCUT2D eigenvalue weighted by Gasteiger charge is 2.16. The van der Waals surface area contributed by atoms with Gasteiger partial charge in [0.15, 0.2) is 0 Å². The van der Waals surface area contributed by atoms with Crippen molar-refractivity contribution in [2.45, 2.75) is 13.5 Å². The lowest BCUT2D eigenvalue weighted by molar-refractivity contribution is 0.103. The van der Waals surface area contributed by atoms with E-state index in [4.69, 9.17) is 16.3 Å². The van der Waals surface area contributed by atoms with Crippen molar-refractivity contribution in [2.24, 2.45) is 0 Å².